The third-order valence-electron chi connectivity index (χ3n) is 2.82. The molecule has 0 heterocycles. The number of methoxy groups -OCH3 is 1. The van der Waals surface area contributed by atoms with E-state index in [0.717, 1.165) is 0 Å². The van der Waals surface area contributed by atoms with Crippen LogP contribution in [0.2, 0.25) is 0 Å². The zero-order valence-electron chi connectivity index (χ0n) is 10.8. The van der Waals surface area contributed by atoms with E-state index in [1.165, 1.54) is 37.4 Å². The first-order chi connectivity index (χ1) is 9.63. The van der Waals surface area contributed by atoms with Crippen molar-refractivity contribution < 1.29 is 22.6 Å². The zero-order valence-corrected chi connectivity index (χ0v) is 10.8. The molecule has 0 N–H and O–H groups in total. The van der Waals surface area contributed by atoms with Crippen molar-refractivity contribution in [1.82, 2.24) is 0 Å². The second-order valence-electron chi connectivity index (χ2n) is 4.05. The fraction of sp³-hybridized carbons (Fsp3) is 0.200. The fourth-order valence-electron chi connectivity index (χ4n) is 1.81. The highest BCUT2D eigenvalue weighted by Gasteiger charge is 2.15. The number of ether oxygens (including phenoxy) is 2. The molecular formula is C15H13F3O2. The molecule has 2 aromatic carbocycles. The Bertz CT molecular complexity index is 585. The first-order valence-corrected chi connectivity index (χ1v) is 5.94. The molecule has 0 aliphatic heterocycles. The van der Waals surface area contributed by atoms with E-state index in [2.05, 4.69) is 0 Å². The summed E-state index contributed by atoms with van der Waals surface area (Å²) in [4.78, 5) is 0. The van der Waals surface area contributed by atoms with Crippen LogP contribution in [0.1, 0.15) is 17.6 Å². The molecule has 0 unspecified atom stereocenters. The van der Waals surface area contributed by atoms with E-state index >= 15 is 0 Å². The average Bonchev–Trinajstić information content (AvgIpc) is 2.46. The Hall–Kier alpha value is -2.17. The second-order valence-corrected chi connectivity index (χ2v) is 4.05. The summed E-state index contributed by atoms with van der Waals surface area (Å²) < 4.78 is 49.6. The Morgan fingerprint density at radius 1 is 1.00 bits per heavy atom. The summed E-state index contributed by atoms with van der Waals surface area (Å²) in [7, 11) is 1.41. The van der Waals surface area contributed by atoms with Gasteiger partial charge in [-0.25, -0.2) is 13.2 Å². The summed E-state index contributed by atoms with van der Waals surface area (Å²) in [6, 6.07) is 10.1. The minimum atomic E-state index is -2.64. The number of halogens is 3. The molecular weight excluding hydrogens is 269 g/mol. The van der Waals surface area contributed by atoms with Crippen molar-refractivity contribution in [2.24, 2.45) is 0 Å². The summed E-state index contributed by atoms with van der Waals surface area (Å²) in [6.45, 7) is -0.181. The second kappa shape index (κ2) is 6.32. The van der Waals surface area contributed by atoms with E-state index < -0.39 is 12.2 Å². The average molecular weight is 282 g/mol. The Balaban J connectivity index is 2.21. The quantitative estimate of drug-likeness (QED) is 0.811. The molecule has 0 bridgehead atoms. The monoisotopic (exact) mass is 282 g/mol. The van der Waals surface area contributed by atoms with Gasteiger partial charge in [0.05, 0.1) is 18.2 Å². The zero-order chi connectivity index (χ0) is 14.5. The van der Waals surface area contributed by atoms with Gasteiger partial charge in [-0.1, -0.05) is 18.2 Å². The van der Waals surface area contributed by atoms with E-state index in [-0.39, 0.29) is 23.5 Å². The number of benzene rings is 2. The van der Waals surface area contributed by atoms with Crippen LogP contribution in [0.5, 0.6) is 11.5 Å². The molecule has 5 heteroatoms. The van der Waals surface area contributed by atoms with Crippen LogP contribution in [-0.4, -0.2) is 7.11 Å². The summed E-state index contributed by atoms with van der Waals surface area (Å²) in [6.07, 6.45) is -2.64. The number of hydrogen-bond donors (Lipinski definition) is 0. The predicted molar refractivity (Wildman–Crippen MR) is 68.7 cm³/mol. The minimum Gasteiger partial charge on any atom is -0.496 e. The van der Waals surface area contributed by atoms with Gasteiger partial charge in [0.25, 0.3) is 6.43 Å². The first kappa shape index (κ1) is 14.2. The molecule has 0 saturated carbocycles. The highest BCUT2D eigenvalue weighted by molar-refractivity contribution is 5.37. The molecule has 106 valence electrons. The van der Waals surface area contributed by atoms with Crippen molar-refractivity contribution in [3.05, 3.63) is 59.4 Å². The third-order valence-corrected chi connectivity index (χ3v) is 2.82. The highest BCUT2D eigenvalue weighted by atomic mass is 19.3. The summed E-state index contributed by atoms with van der Waals surface area (Å²) in [5.74, 6) is -0.147. The van der Waals surface area contributed by atoms with Gasteiger partial charge in [-0.3, -0.25) is 0 Å². The van der Waals surface area contributed by atoms with Crippen molar-refractivity contribution in [1.29, 1.82) is 0 Å². The molecule has 0 aromatic heterocycles. The third kappa shape index (κ3) is 3.04. The van der Waals surface area contributed by atoms with E-state index in [4.69, 9.17) is 9.47 Å². The molecule has 0 amide bonds. The van der Waals surface area contributed by atoms with E-state index in [1.807, 2.05) is 0 Å². The van der Waals surface area contributed by atoms with Crippen LogP contribution in [0.25, 0.3) is 0 Å². The molecule has 0 radical (unpaired) electrons. The lowest BCUT2D eigenvalue weighted by atomic mass is 10.2. The standard InChI is InChI=1S/C15H13F3O2/c1-19-13-8-4-6-12(16)11(13)9-20-14-7-3-2-5-10(14)15(17)18/h2-8,15H,9H2,1H3. The van der Waals surface area contributed by atoms with Gasteiger partial charge in [-0.2, -0.15) is 0 Å². The van der Waals surface area contributed by atoms with Crippen LogP contribution in [0, 0.1) is 5.82 Å². The molecule has 0 atom stereocenters. The summed E-state index contributed by atoms with van der Waals surface area (Å²) in [5.41, 5.74) is -0.0260. The van der Waals surface area contributed by atoms with Crippen LogP contribution in [0.3, 0.4) is 0 Å². The van der Waals surface area contributed by atoms with Crippen molar-refractivity contribution >= 4 is 0 Å². The lowest BCUT2D eigenvalue weighted by Crippen LogP contribution is -2.03. The smallest absolute Gasteiger partial charge is 0.267 e. The lowest BCUT2D eigenvalue weighted by molar-refractivity contribution is 0.144. The molecule has 20 heavy (non-hydrogen) atoms. The Kier molecular flexibility index (Phi) is 4.50. The van der Waals surface area contributed by atoms with Crippen LogP contribution in [-0.2, 0) is 6.61 Å². The van der Waals surface area contributed by atoms with Gasteiger partial charge in [-0.15, -0.1) is 0 Å². The fourth-order valence-corrected chi connectivity index (χ4v) is 1.81. The van der Waals surface area contributed by atoms with Crippen LogP contribution in [0.15, 0.2) is 42.5 Å². The van der Waals surface area contributed by atoms with Gasteiger partial charge in [0, 0.05) is 0 Å². The molecule has 0 saturated heterocycles. The van der Waals surface area contributed by atoms with Crippen molar-refractivity contribution in [3.8, 4) is 11.5 Å². The Morgan fingerprint density at radius 2 is 1.70 bits per heavy atom. The largest absolute Gasteiger partial charge is 0.496 e. The number of rotatable bonds is 5. The van der Waals surface area contributed by atoms with Gasteiger partial charge in [0.2, 0.25) is 0 Å². The van der Waals surface area contributed by atoms with Gasteiger partial charge >= 0.3 is 0 Å². The van der Waals surface area contributed by atoms with Crippen molar-refractivity contribution in [2.75, 3.05) is 7.11 Å². The highest BCUT2D eigenvalue weighted by Crippen LogP contribution is 2.30. The molecule has 0 aliphatic rings. The number of para-hydroxylation sites is 1. The predicted octanol–water partition coefficient (Wildman–Crippen LogP) is 4.35. The molecule has 0 aliphatic carbocycles. The van der Waals surface area contributed by atoms with Gasteiger partial charge in [0.15, 0.2) is 0 Å². The molecule has 2 rings (SSSR count). The minimum absolute atomic E-state index is 0.0350. The van der Waals surface area contributed by atoms with Crippen LogP contribution in [0.4, 0.5) is 13.2 Å². The molecule has 2 nitrogen and oxygen atoms in total. The SMILES string of the molecule is COc1cccc(F)c1COc1ccccc1C(F)F. The van der Waals surface area contributed by atoms with Gasteiger partial charge in [0.1, 0.15) is 23.9 Å². The Labute approximate surface area is 114 Å². The number of alkyl halides is 2. The molecule has 2 aromatic rings. The van der Waals surface area contributed by atoms with Gasteiger partial charge < -0.3 is 9.47 Å². The molecule has 0 spiro atoms. The summed E-state index contributed by atoms with van der Waals surface area (Å²) in [5, 5.41) is 0. The first-order valence-electron chi connectivity index (χ1n) is 5.94. The Morgan fingerprint density at radius 3 is 2.40 bits per heavy atom. The normalized spacial score (nSPS) is 10.7. The van der Waals surface area contributed by atoms with Crippen molar-refractivity contribution in [3.63, 3.8) is 0 Å². The van der Waals surface area contributed by atoms with Crippen LogP contribution < -0.4 is 9.47 Å². The maximum absolute atomic E-state index is 13.7. The van der Waals surface area contributed by atoms with E-state index in [9.17, 15) is 13.2 Å². The van der Waals surface area contributed by atoms with Crippen LogP contribution >= 0.6 is 0 Å². The maximum atomic E-state index is 13.7. The number of hydrogen-bond acceptors (Lipinski definition) is 2. The topological polar surface area (TPSA) is 18.5 Å². The summed E-state index contributed by atoms with van der Waals surface area (Å²) >= 11 is 0. The maximum Gasteiger partial charge on any atom is 0.267 e. The lowest BCUT2D eigenvalue weighted by Gasteiger charge is -2.13. The van der Waals surface area contributed by atoms with E-state index in [0.29, 0.717) is 5.75 Å². The van der Waals surface area contributed by atoms with Gasteiger partial charge in [-0.05, 0) is 24.3 Å². The van der Waals surface area contributed by atoms with E-state index in [1.54, 1.807) is 12.1 Å². The molecule has 0 fully saturated rings. The van der Waals surface area contributed by atoms with Crippen molar-refractivity contribution in [2.45, 2.75) is 13.0 Å².